The van der Waals surface area contributed by atoms with Gasteiger partial charge >= 0.3 is 7.60 Å². The monoisotopic (exact) mass is 326 g/mol. The van der Waals surface area contributed by atoms with Crippen LogP contribution in [-0.4, -0.2) is 19.8 Å². The van der Waals surface area contributed by atoms with E-state index in [-0.39, 0.29) is 0 Å². The van der Waals surface area contributed by atoms with Crippen LogP contribution in [-0.2, 0) is 4.57 Å². The Balaban J connectivity index is 2.01. The maximum Gasteiger partial charge on any atom is 0.337 e. The zero-order chi connectivity index (χ0) is 16.0. The van der Waals surface area contributed by atoms with E-state index in [4.69, 9.17) is 0 Å². The Morgan fingerprint density at radius 3 is 1.65 bits per heavy atom. The summed E-state index contributed by atoms with van der Waals surface area (Å²) in [5, 5.41) is 1.65. The van der Waals surface area contributed by atoms with Crippen LogP contribution in [0.3, 0.4) is 0 Å². The topological polar surface area (TPSA) is 89.1 Å². The van der Waals surface area contributed by atoms with Gasteiger partial charge in [0.05, 0.1) is 0 Å². The van der Waals surface area contributed by atoms with Crippen molar-refractivity contribution >= 4 is 29.4 Å². The molecule has 0 spiro atoms. The summed E-state index contributed by atoms with van der Waals surface area (Å²) in [4.78, 5) is 26.2. The van der Waals surface area contributed by atoms with Gasteiger partial charge in [0, 0.05) is 34.2 Å². The summed E-state index contributed by atoms with van der Waals surface area (Å²) in [6.45, 7) is 0. The first-order chi connectivity index (χ1) is 11.1. The van der Waals surface area contributed by atoms with Crippen LogP contribution in [0.25, 0.3) is 21.8 Å². The summed E-state index contributed by atoms with van der Waals surface area (Å²) < 4.78 is 12.3. The molecule has 0 amide bonds. The molecule has 0 saturated carbocycles. The number of hydrogen-bond donors (Lipinski definition) is 4. The zero-order valence-corrected chi connectivity index (χ0v) is 13.0. The molecule has 0 aliphatic heterocycles. The fourth-order valence-corrected chi connectivity index (χ4v) is 4.32. The largest absolute Gasteiger partial charge is 0.361 e. The van der Waals surface area contributed by atoms with Gasteiger partial charge in [0.15, 0.2) is 0 Å². The van der Waals surface area contributed by atoms with Gasteiger partial charge in [-0.2, -0.15) is 0 Å². The van der Waals surface area contributed by atoms with Crippen LogP contribution in [0.2, 0.25) is 0 Å². The quantitative estimate of drug-likeness (QED) is 0.430. The molecule has 0 aliphatic rings. The fraction of sp³-hybridized carbons (Fsp3) is 0.0588. The molecule has 2 aromatic carbocycles. The standard InChI is InChI=1S/C17H15N2O3P/c20-23(21,22)17(13-9-18-15-7-3-1-5-11(13)15)14-10-19-16-8-4-2-6-12(14)16/h1-10,17-19H,(H2,20,21,22). The van der Waals surface area contributed by atoms with Gasteiger partial charge in [-0.3, -0.25) is 4.57 Å². The van der Waals surface area contributed by atoms with E-state index in [9.17, 15) is 14.4 Å². The second-order valence-electron chi connectivity index (χ2n) is 5.57. The molecule has 0 radical (unpaired) electrons. The molecule has 23 heavy (non-hydrogen) atoms. The molecule has 2 aromatic heterocycles. The minimum absolute atomic E-state index is 0.610. The van der Waals surface area contributed by atoms with Gasteiger partial charge in [-0.15, -0.1) is 0 Å². The highest BCUT2D eigenvalue weighted by Crippen LogP contribution is 2.57. The SMILES string of the molecule is O=P(O)(O)C(c1c[nH]c2ccccc12)c1c[nH]c2ccccc12. The van der Waals surface area contributed by atoms with E-state index in [1.807, 2.05) is 48.5 Å². The number of aromatic nitrogens is 2. The molecule has 0 aliphatic carbocycles. The van der Waals surface area contributed by atoms with Gasteiger partial charge < -0.3 is 19.8 Å². The first-order valence-corrected chi connectivity index (χ1v) is 8.91. The van der Waals surface area contributed by atoms with Crippen LogP contribution in [0.5, 0.6) is 0 Å². The lowest BCUT2D eigenvalue weighted by atomic mass is 10.0. The number of rotatable bonds is 3. The smallest absolute Gasteiger partial charge is 0.337 e. The van der Waals surface area contributed by atoms with E-state index in [0.29, 0.717) is 11.1 Å². The number of para-hydroxylation sites is 2. The lowest BCUT2D eigenvalue weighted by molar-refractivity contribution is 0.365. The third-order valence-electron chi connectivity index (χ3n) is 4.17. The minimum Gasteiger partial charge on any atom is -0.361 e. The Kier molecular flexibility index (Phi) is 3.16. The van der Waals surface area contributed by atoms with Gasteiger partial charge in [0.1, 0.15) is 5.66 Å². The van der Waals surface area contributed by atoms with Gasteiger partial charge in [-0.1, -0.05) is 36.4 Å². The first kappa shape index (κ1) is 14.3. The normalized spacial score (nSPS) is 12.5. The molecule has 4 rings (SSSR count). The summed E-state index contributed by atoms with van der Waals surface area (Å²) >= 11 is 0. The van der Waals surface area contributed by atoms with Gasteiger partial charge in [-0.25, -0.2) is 0 Å². The maximum atomic E-state index is 12.3. The van der Waals surface area contributed by atoms with Crippen molar-refractivity contribution in [1.29, 1.82) is 0 Å². The van der Waals surface area contributed by atoms with E-state index in [2.05, 4.69) is 9.97 Å². The van der Waals surface area contributed by atoms with Gasteiger partial charge in [0.25, 0.3) is 0 Å². The molecule has 0 fully saturated rings. The average Bonchev–Trinajstić information content (AvgIpc) is 3.12. The van der Waals surface area contributed by atoms with E-state index < -0.39 is 13.3 Å². The minimum atomic E-state index is -4.40. The molecule has 0 unspecified atom stereocenters. The van der Waals surface area contributed by atoms with Crippen molar-refractivity contribution < 1.29 is 14.4 Å². The van der Waals surface area contributed by atoms with Crippen molar-refractivity contribution in [3.8, 4) is 0 Å². The number of fused-ring (bicyclic) bond motifs is 2. The summed E-state index contributed by atoms with van der Waals surface area (Å²) in [5.41, 5.74) is 1.94. The third-order valence-corrected chi connectivity index (χ3v) is 5.40. The van der Waals surface area contributed by atoms with Crippen LogP contribution in [0, 0.1) is 0 Å². The van der Waals surface area contributed by atoms with E-state index in [0.717, 1.165) is 21.8 Å². The molecule has 5 nitrogen and oxygen atoms in total. The molecule has 0 atom stereocenters. The van der Waals surface area contributed by atoms with E-state index in [1.54, 1.807) is 12.4 Å². The van der Waals surface area contributed by atoms with Crippen molar-refractivity contribution in [2.45, 2.75) is 5.66 Å². The highest BCUT2D eigenvalue weighted by atomic mass is 31.2. The average molecular weight is 326 g/mol. The molecule has 0 bridgehead atoms. The number of benzene rings is 2. The molecule has 6 heteroatoms. The van der Waals surface area contributed by atoms with Crippen LogP contribution in [0.15, 0.2) is 60.9 Å². The number of hydrogen-bond acceptors (Lipinski definition) is 1. The van der Waals surface area contributed by atoms with Crippen molar-refractivity contribution in [2.24, 2.45) is 0 Å². The van der Waals surface area contributed by atoms with E-state index >= 15 is 0 Å². The van der Waals surface area contributed by atoms with Crippen LogP contribution < -0.4 is 0 Å². The fourth-order valence-electron chi connectivity index (χ4n) is 3.17. The van der Waals surface area contributed by atoms with Gasteiger partial charge in [-0.05, 0) is 23.3 Å². The number of nitrogens with one attached hydrogen (secondary N) is 2. The molecule has 116 valence electrons. The van der Waals surface area contributed by atoms with Gasteiger partial charge in [0.2, 0.25) is 0 Å². The van der Waals surface area contributed by atoms with Crippen molar-refractivity contribution in [1.82, 2.24) is 9.97 Å². The second-order valence-corrected chi connectivity index (χ2v) is 7.27. The molecule has 4 aromatic rings. The third kappa shape index (κ3) is 2.30. The Bertz CT molecular complexity index is 970. The van der Waals surface area contributed by atoms with Crippen molar-refractivity contribution in [3.63, 3.8) is 0 Å². The number of aromatic amines is 2. The molecular formula is C17H15N2O3P. The van der Waals surface area contributed by atoms with Crippen LogP contribution in [0.4, 0.5) is 0 Å². The van der Waals surface area contributed by atoms with E-state index in [1.165, 1.54) is 0 Å². The second kappa shape index (κ2) is 5.10. The molecule has 4 N–H and O–H groups in total. The molecule has 0 saturated heterocycles. The van der Waals surface area contributed by atoms with Crippen molar-refractivity contribution in [2.75, 3.05) is 0 Å². The van der Waals surface area contributed by atoms with Crippen molar-refractivity contribution in [3.05, 3.63) is 72.1 Å². The Morgan fingerprint density at radius 1 is 0.783 bits per heavy atom. The Morgan fingerprint density at radius 2 is 1.22 bits per heavy atom. The highest BCUT2D eigenvalue weighted by molar-refractivity contribution is 7.52. The summed E-state index contributed by atoms with van der Waals surface area (Å²) in [6.07, 6.45) is 3.38. The summed E-state index contributed by atoms with van der Waals surface area (Å²) in [6, 6.07) is 15.0. The lowest BCUT2D eigenvalue weighted by Gasteiger charge is -2.18. The highest BCUT2D eigenvalue weighted by Gasteiger charge is 2.35. The first-order valence-electron chi connectivity index (χ1n) is 7.23. The summed E-state index contributed by atoms with van der Waals surface area (Å²) in [5.74, 6) is 0. The Hall–Kier alpha value is -2.33. The molecule has 2 heterocycles. The Labute approximate surface area is 132 Å². The zero-order valence-electron chi connectivity index (χ0n) is 12.1. The number of H-pyrrole nitrogens is 2. The predicted molar refractivity (Wildman–Crippen MR) is 90.5 cm³/mol. The van der Waals surface area contributed by atoms with Crippen LogP contribution >= 0.6 is 7.60 Å². The summed E-state index contributed by atoms with van der Waals surface area (Å²) in [7, 11) is -4.40. The lowest BCUT2D eigenvalue weighted by Crippen LogP contribution is -2.01. The predicted octanol–water partition coefficient (Wildman–Crippen LogP) is 3.92. The maximum absolute atomic E-state index is 12.3. The van der Waals surface area contributed by atoms with Crippen LogP contribution in [0.1, 0.15) is 16.8 Å². The molecular weight excluding hydrogens is 311 g/mol.